The number of anilines is 1. The number of carbonyl (C=O) groups excluding carboxylic acids is 1. The zero-order valence-electron chi connectivity index (χ0n) is 23.2. The van der Waals surface area contributed by atoms with Gasteiger partial charge in [0, 0.05) is 17.8 Å². The number of carbonyl (C=O) groups is 1. The summed E-state index contributed by atoms with van der Waals surface area (Å²) in [5.41, 5.74) is 3.16. The summed E-state index contributed by atoms with van der Waals surface area (Å²) in [6.07, 6.45) is 1.30. The smallest absolute Gasteiger partial charge is 0.325 e. The summed E-state index contributed by atoms with van der Waals surface area (Å²) < 4.78 is 14.6. The number of nitrogens with zero attached hydrogens (tertiary/aromatic N) is 3. The lowest BCUT2D eigenvalue weighted by atomic mass is 10.0. The number of hydrogen-bond acceptors (Lipinski definition) is 6. The highest BCUT2D eigenvalue weighted by atomic mass is 79.9. The summed E-state index contributed by atoms with van der Waals surface area (Å²) in [5.74, 6) is 1.73. The maximum Gasteiger partial charge on any atom is 0.325 e. The van der Waals surface area contributed by atoms with Crippen molar-refractivity contribution >= 4 is 39.3 Å². The average Bonchev–Trinajstić information content (AvgIpc) is 2.96. The van der Waals surface area contributed by atoms with Gasteiger partial charge in [-0.25, -0.2) is 4.90 Å². The zero-order chi connectivity index (χ0) is 28.9. The molecule has 0 spiro atoms. The van der Waals surface area contributed by atoms with Crippen LogP contribution in [0.5, 0.6) is 11.5 Å². The van der Waals surface area contributed by atoms with Crippen LogP contribution in [0.15, 0.2) is 81.2 Å². The Balaban J connectivity index is 1.66. The molecule has 1 aliphatic heterocycles. The minimum atomic E-state index is -0.732. The number of amides is 1. The van der Waals surface area contributed by atoms with E-state index in [1.54, 1.807) is 9.58 Å². The fourth-order valence-corrected chi connectivity index (χ4v) is 6.37. The van der Waals surface area contributed by atoms with Gasteiger partial charge in [0.15, 0.2) is 11.5 Å². The fraction of sp³-hybridized carbons (Fsp3) is 0.290. The second-order valence-electron chi connectivity index (χ2n) is 9.57. The van der Waals surface area contributed by atoms with Gasteiger partial charge < -0.3 is 9.47 Å². The van der Waals surface area contributed by atoms with Gasteiger partial charge in [-0.2, -0.15) is 0 Å². The molecule has 0 aliphatic carbocycles. The number of ether oxygens (including phenoxy) is 2. The number of aromatic amines is 1. The third kappa shape index (κ3) is 6.04. The minimum absolute atomic E-state index is 0.179. The van der Waals surface area contributed by atoms with Crippen molar-refractivity contribution in [2.75, 3.05) is 17.3 Å². The Bertz CT molecular complexity index is 1610. The van der Waals surface area contributed by atoms with E-state index in [9.17, 15) is 9.59 Å². The number of rotatable bonds is 10. The largest absolute Gasteiger partial charge is 0.490 e. The molecule has 0 bridgehead atoms. The predicted molar refractivity (Wildman–Crippen MR) is 164 cm³/mol. The molecule has 2 heterocycles. The molecule has 1 aromatic heterocycles. The van der Waals surface area contributed by atoms with E-state index < -0.39 is 6.17 Å². The molecule has 5 rings (SSSR count). The molecule has 0 fully saturated rings. The number of benzene rings is 3. The molecule has 1 N–H and O–H groups in total. The third-order valence-corrected chi connectivity index (χ3v) is 8.23. The highest BCUT2D eigenvalue weighted by Crippen LogP contribution is 2.42. The van der Waals surface area contributed by atoms with Crippen molar-refractivity contribution < 1.29 is 19.0 Å². The Morgan fingerprint density at radius 1 is 1.10 bits per heavy atom. The van der Waals surface area contributed by atoms with Crippen molar-refractivity contribution in [3.05, 3.63) is 92.7 Å². The van der Waals surface area contributed by atoms with Gasteiger partial charge in [0.25, 0.3) is 6.17 Å². The summed E-state index contributed by atoms with van der Waals surface area (Å²) in [6, 6.07) is 21.1. The molecule has 1 atom stereocenters. The molecule has 1 aliphatic rings. The number of aromatic nitrogens is 3. The molecule has 0 saturated heterocycles. The van der Waals surface area contributed by atoms with Crippen LogP contribution in [0.25, 0.3) is 11.3 Å². The number of fused-ring (bicyclic) bond motifs is 3. The lowest BCUT2D eigenvalue weighted by Gasteiger charge is -2.31. The summed E-state index contributed by atoms with van der Waals surface area (Å²) in [7, 11) is 0. The first kappa shape index (κ1) is 28.9. The highest BCUT2D eigenvalue weighted by Gasteiger charge is 2.45. The molecule has 41 heavy (non-hydrogen) atoms. The normalized spacial score (nSPS) is 13.9. The molecule has 0 radical (unpaired) electrons. The summed E-state index contributed by atoms with van der Waals surface area (Å²) >= 11 is 5.19. The van der Waals surface area contributed by atoms with Crippen molar-refractivity contribution in [1.82, 2.24) is 10.1 Å². The SMILES string of the molecule is CCCCSc1n[n+]2c(c(=O)[nH]1)-c1ccccc1N(C(C)=O)[C@@H]2c1cc(Br)c(OCc2ccccc2)c(OCC)c1. The Morgan fingerprint density at radius 2 is 1.85 bits per heavy atom. The molecule has 212 valence electrons. The van der Waals surface area contributed by atoms with E-state index in [1.165, 1.54) is 18.7 Å². The quantitative estimate of drug-likeness (QED) is 0.126. The van der Waals surface area contributed by atoms with Crippen molar-refractivity contribution in [3.8, 4) is 22.8 Å². The third-order valence-electron chi connectivity index (χ3n) is 6.69. The van der Waals surface area contributed by atoms with Gasteiger partial charge in [-0.15, -0.1) is 0 Å². The van der Waals surface area contributed by atoms with Crippen LogP contribution in [-0.2, 0) is 11.4 Å². The van der Waals surface area contributed by atoms with E-state index >= 15 is 0 Å². The van der Waals surface area contributed by atoms with Crippen LogP contribution in [0.4, 0.5) is 5.69 Å². The van der Waals surface area contributed by atoms with Gasteiger partial charge in [0.2, 0.25) is 11.1 Å². The van der Waals surface area contributed by atoms with E-state index in [1.807, 2.05) is 73.7 Å². The molecule has 0 unspecified atom stereocenters. The molecular weight excluding hydrogens is 604 g/mol. The van der Waals surface area contributed by atoms with E-state index in [2.05, 4.69) is 27.8 Å². The van der Waals surface area contributed by atoms with E-state index in [-0.39, 0.29) is 11.5 Å². The molecule has 1 amide bonds. The van der Waals surface area contributed by atoms with Gasteiger partial charge in [-0.05, 0) is 63.8 Å². The van der Waals surface area contributed by atoms with E-state index in [4.69, 9.17) is 14.6 Å². The minimum Gasteiger partial charge on any atom is -0.490 e. The Hall–Kier alpha value is -3.63. The number of thioether (sulfide) groups is 1. The van der Waals surface area contributed by atoms with Crippen LogP contribution in [0, 0.1) is 0 Å². The summed E-state index contributed by atoms with van der Waals surface area (Å²) in [4.78, 5) is 31.5. The van der Waals surface area contributed by atoms with Crippen LogP contribution in [-0.4, -0.2) is 28.3 Å². The molecular formula is C31H32BrN4O4S+. The lowest BCUT2D eigenvalue weighted by Crippen LogP contribution is -2.60. The van der Waals surface area contributed by atoms with Gasteiger partial charge >= 0.3 is 11.3 Å². The molecule has 8 nitrogen and oxygen atoms in total. The first-order valence-electron chi connectivity index (χ1n) is 13.6. The topological polar surface area (TPSA) is 88.4 Å². The number of para-hydroxylation sites is 1. The Kier molecular flexibility index (Phi) is 9.09. The fourth-order valence-electron chi connectivity index (χ4n) is 4.86. The van der Waals surface area contributed by atoms with E-state index in [0.717, 1.165) is 24.2 Å². The number of halogens is 1. The molecule has 0 saturated carbocycles. The Morgan fingerprint density at radius 3 is 2.59 bits per heavy atom. The van der Waals surface area contributed by atoms with Gasteiger partial charge in [0.1, 0.15) is 6.61 Å². The predicted octanol–water partition coefficient (Wildman–Crippen LogP) is 6.27. The maximum atomic E-state index is 13.6. The second kappa shape index (κ2) is 12.9. The van der Waals surface area contributed by atoms with Crippen LogP contribution in [0.2, 0.25) is 0 Å². The van der Waals surface area contributed by atoms with Gasteiger partial charge in [-0.1, -0.05) is 67.6 Å². The molecule has 10 heteroatoms. The maximum absolute atomic E-state index is 13.6. The van der Waals surface area contributed by atoms with Crippen molar-refractivity contribution in [2.24, 2.45) is 0 Å². The number of H-pyrrole nitrogens is 1. The first-order chi connectivity index (χ1) is 19.9. The number of hydrogen-bond donors (Lipinski definition) is 1. The van der Waals surface area contributed by atoms with Crippen LogP contribution in [0.1, 0.15) is 50.9 Å². The standard InChI is InChI=1S/C31H31BrN4O4S/c1-4-6-16-41-31-33-29(38)27-23-14-10-11-15-25(23)35(20(3)37)30(36(27)34-31)22-17-24(32)28(26(18-22)39-5-2)40-19-21-12-8-7-9-13-21/h7-15,17-18,30H,4-6,16,19H2,1-3H3/p+1/t30-/m0/s1. The highest BCUT2D eigenvalue weighted by molar-refractivity contribution is 9.10. The molecule has 3 aromatic carbocycles. The van der Waals surface area contributed by atoms with Gasteiger partial charge in [0.05, 0.1) is 27.9 Å². The first-order valence-corrected chi connectivity index (χ1v) is 15.4. The monoisotopic (exact) mass is 635 g/mol. The molecule has 4 aromatic rings. The number of unbranched alkanes of at least 4 members (excludes halogenated alkanes) is 1. The van der Waals surface area contributed by atoms with Crippen LogP contribution in [0.3, 0.4) is 0 Å². The van der Waals surface area contributed by atoms with Gasteiger partial charge in [-0.3, -0.25) is 14.6 Å². The average molecular weight is 637 g/mol. The lowest BCUT2D eigenvalue weighted by molar-refractivity contribution is -0.763. The zero-order valence-corrected chi connectivity index (χ0v) is 25.6. The number of nitrogens with one attached hydrogen (secondary N) is 1. The van der Waals surface area contributed by atoms with Crippen LogP contribution >= 0.6 is 27.7 Å². The summed E-state index contributed by atoms with van der Waals surface area (Å²) in [5, 5.41) is 5.39. The van der Waals surface area contributed by atoms with Crippen molar-refractivity contribution in [1.29, 1.82) is 0 Å². The summed E-state index contributed by atoms with van der Waals surface area (Å²) in [6.45, 7) is 6.33. The van der Waals surface area contributed by atoms with Crippen LogP contribution < -0.4 is 24.6 Å². The van der Waals surface area contributed by atoms with E-state index in [0.29, 0.717) is 56.9 Å². The van der Waals surface area contributed by atoms with Crippen molar-refractivity contribution in [3.63, 3.8) is 0 Å². The second-order valence-corrected chi connectivity index (χ2v) is 11.5. The van der Waals surface area contributed by atoms with Crippen molar-refractivity contribution in [2.45, 2.75) is 51.5 Å². The Labute approximate surface area is 251 Å².